The number of unbranched alkanes of at least 4 members (excludes halogenated alkanes) is 1. The highest BCUT2D eigenvalue weighted by atomic mass is 32.2. The number of nitrogens with one attached hydrogen (secondary N) is 1. The minimum Gasteiger partial charge on any atom is -0.313 e. The summed E-state index contributed by atoms with van der Waals surface area (Å²) in [7, 11) is 1.53. The Morgan fingerprint density at radius 1 is 1.64 bits per heavy atom. The summed E-state index contributed by atoms with van der Waals surface area (Å²) in [5.41, 5.74) is 0. The molecule has 0 aromatic carbocycles. The van der Waals surface area contributed by atoms with Gasteiger partial charge in [-0.1, -0.05) is 0 Å². The van der Waals surface area contributed by atoms with Crippen LogP contribution in [0, 0.1) is 5.41 Å². The summed E-state index contributed by atoms with van der Waals surface area (Å²) in [4.78, 5) is 23.8. The fourth-order valence-electron chi connectivity index (χ4n) is 1.26. The molecule has 0 aliphatic carbocycles. The van der Waals surface area contributed by atoms with Gasteiger partial charge in [-0.05, 0) is 24.8 Å². The van der Waals surface area contributed by atoms with E-state index in [0.717, 1.165) is 18.6 Å². The van der Waals surface area contributed by atoms with Crippen LogP contribution >= 0.6 is 11.8 Å². The Morgan fingerprint density at radius 3 is 2.86 bits per heavy atom. The zero-order chi connectivity index (χ0) is 10.6. The van der Waals surface area contributed by atoms with Crippen molar-refractivity contribution in [1.82, 2.24) is 4.90 Å². The summed E-state index contributed by atoms with van der Waals surface area (Å²) in [6, 6.07) is 0. The summed E-state index contributed by atoms with van der Waals surface area (Å²) in [6.07, 6.45) is 3.35. The standard InChI is InChI=1S/C9H14N2O2S/c1-11-8(12)6-7(9(11)13)14-5-3-2-4-10/h4,7,10H,2-3,5-6H2,1H3. The van der Waals surface area contributed by atoms with Crippen molar-refractivity contribution in [2.45, 2.75) is 24.5 Å². The molecule has 1 saturated heterocycles. The molecule has 1 atom stereocenters. The lowest BCUT2D eigenvalue weighted by Gasteiger charge is -2.07. The van der Waals surface area contributed by atoms with E-state index in [9.17, 15) is 9.59 Å². The maximum absolute atomic E-state index is 11.4. The number of amides is 2. The molecule has 0 radical (unpaired) electrons. The van der Waals surface area contributed by atoms with Gasteiger partial charge in [-0.3, -0.25) is 14.5 Å². The number of carbonyl (C=O) groups excluding carboxylic acids is 2. The molecule has 1 unspecified atom stereocenters. The van der Waals surface area contributed by atoms with Crippen molar-refractivity contribution in [3.8, 4) is 0 Å². The average Bonchev–Trinajstić information content (AvgIpc) is 2.41. The molecule has 0 aromatic heterocycles. The molecule has 1 rings (SSSR count). The Hall–Kier alpha value is -0.840. The monoisotopic (exact) mass is 214 g/mol. The quantitative estimate of drug-likeness (QED) is 0.420. The predicted octanol–water partition coefficient (Wildman–Crippen LogP) is 0.907. The Kier molecular flexibility index (Phi) is 4.13. The molecule has 2 amide bonds. The topological polar surface area (TPSA) is 61.2 Å². The van der Waals surface area contributed by atoms with Crippen LogP contribution in [0.4, 0.5) is 0 Å². The molecule has 14 heavy (non-hydrogen) atoms. The van der Waals surface area contributed by atoms with Gasteiger partial charge in [0, 0.05) is 13.5 Å². The van der Waals surface area contributed by atoms with Crippen molar-refractivity contribution in [3.05, 3.63) is 0 Å². The maximum Gasteiger partial charge on any atom is 0.242 e. The number of thioether (sulfide) groups is 1. The van der Waals surface area contributed by atoms with Crippen molar-refractivity contribution in [1.29, 1.82) is 5.41 Å². The van der Waals surface area contributed by atoms with Gasteiger partial charge in [0.2, 0.25) is 11.8 Å². The molecule has 0 spiro atoms. The molecule has 1 heterocycles. The second-order valence-electron chi connectivity index (χ2n) is 3.20. The number of nitrogens with zero attached hydrogens (tertiary/aromatic N) is 1. The summed E-state index contributed by atoms with van der Waals surface area (Å²) >= 11 is 1.52. The molecule has 0 saturated carbocycles. The normalized spacial score (nSPS) is 21.8. The number of carbonyl (C=O) groups is 2. The second kappa shape index (κ2) is 5.14. The third-order valence-corrected chi connectivity index (χ3v) is 3.45. The Bertz CT molecular complexity index is 255. The van der Waals surface area contributed by atoms with Crippen LogP contribution in [0.5, 0.6) is 0 Å². The van der Waals surface area contributed by atoms with Crippen LogP contribution in [0.15, 0.2) is 0 Å². The lowest BCUT2D eigenvalue weighted by molar-refractivity contribution is -0.136. The number of likely N-dealkylation sites (tertiary alicyclic amines) is 1. The molecule has 0 aromatic rings. The molecular formula is C9H14N2O2S. The van der Waals surface area contributed by atoms with Gasteiger partial charge in [-0.2, -0.15) is 0 Å². The molecule has 1 N–H and O–H groups in total. The van der Waals surface area contributed by atoms with E-state index in [-0.39, 0.29) is 17.1 Å². The number of imide groups is 1. The van der Waals surface area contributed by atoms with Crippen LogP contribution in [-0.2, 0) is 9.59 Å². The third kappa shape index (κ3) is 2.57. The van der Waals surface area contributed by atoms with Crippen molar-refractivity contribution in [2.75, 3.05) is 12.8 Å². The average molecular weight is 214 g/mol. The minimum absolute atomic E-state index is 0.0742. The van der Waals surface area contributed by atoms with Gasteiger partial charge in [0.25, 0.3) is 0 Å². The highest BCUT2D eigenvalue weighted by molar-refractivity contribution is 8.00. The summed E-state index contributed by atoms with van der Waals surface area (Å²) in [5.74, 6) is 0.682. The molecule has 4 nitrogen and oxygen atoms in total. The van der Waals surface area contributed by atoms with Crippen LogP contribution in [0.3, 0.4) is 0 Å². The van der Waals surface area contributed by atoms with Crippen LogP contribution in [0.25, 0.3) is 0 Å². The lowest BCUT2D eigenvalue weighted by atomic mass is 10.3. The van der Waals surface area contributed by atoms with Gasteiger partial charge in [-0.25, -0.2) is 0 Å². The lowest BCUT2D eigenvalue weighted by Crippen LogP contribution is -2.26. The molecule has 5 heteroatoms. The van der Waals surface area contributed by atoms with E-state index < -0.39 is 0 Å². The highest BCUT2D eigenvalue weighted by Gasteiger charge is 2.35. The smallest absolute Gasteiger partial charge is 0.242 e. The third-order valence-electron chi connectivity index (χ3n) is 2.15. The molecular weight excluding hydrogens is 200 g/mol. The number of rotatable bonds is 5. The first-order chi connectivity index (χ1) is 6.66. The molecule has 1 fully saturated rings. The summed E-state index contributed by atoms with van der Waals surface area (Å²) in [5, 5.41) is 6.65. The number of hydrogen-bond donors (Lipinski definition) is 1. The first kappa shape index (κ1) is 11.2. The Balaban J connectivity index is 2.29. The second-order valence-corrected chi connectivity index (χ2v) is 4.51. The van der Waals surface area contributed by atoms with Gasteiger partial charge < -0.3 is 5.41 Å². The first-order valence-corrected chi connectivity index (χ1v) is 5.62. The van der Waals surface area contributed by atoms with Crippen molar-refractivity contribution < 1.29 is 9.59 Å². The van der Waals surface area contributed by atoms with E-state index in [1.807, 2.05) is 0 Å². The van der Waals surface area contributed by atoms with Crippen LogP contribution in [0.2, 0.25) is 0 Å². The summed E-state index contributed by atoms with van der Waals surface area (Å²) < 4.78 is 0. The van der Waals surface area contributed by atoms with Gasteiger partial charge in [0.15, 0.2) is 0 Å². The van der Waals surface area contributed by atoms with Crippen molar-refractivity contribution in [3.63, 3.8) is 0 Å². The van der Waals surface area contributed by atoms with Crippen molar-refractivity contribution >= 4 is 29.8 Å². The van der Waals surface area contributed by atoms with Crippen LogP contribution in [0.1, 0.15) is 19.3 Å². The zero-order valence-electron chi connectivity index (χ0n) is 8.16. The van der Waals surface area contributed by atoms with E-state index in [2.05, 4.69) is 0 Å². The molecule has 1 aliphatic heterocycles. The van der Waals surface area contributed by atoms with Crippen LogP contribution < -0.4 is 0 Å². The van der Waals surface area contributed by atoms with E-state index in [4.69, 9.17) is 5.41 Å². The van der Waals surface area contributed by atoms with E-state index >= 15 is 0 Å². The SMILES string of the molecule is CN1C(=O)CC(SCCCC=N)C1=O. The van der Waals surface area contributed by atoms with Crippen LogP contribution in [-0.4, -0.2) is 41.0 Å². The largest absolute Gasteiger partial charge is 0.313 e. The van der Waals surface area contributed by atoms with Gasteiger partial charge in [0.1, 0.15) is 0 Å². The van der Waals surface area contributed by atoms with Gasteiger partial charge in [-0.15, -0.1) is 11.8 Å². The Morgan fingerprint density at radius 2 is 2.36 bits per heavy atom. The zero-order valence-corrected chi connectivity index (χ0v) is 8.97. The van der Waals surface area contributed by atoms with Gasteiger partial charge >= 0.3 is 0 Å². The molecule has 0 bridgehead atoms. The molecule has 78 valence electrons. The van der Waals surface area contributed by atoms with Gasteiger partial charge in [0.05, 0.1) is 5.25 Å². The number of hydrogen-bond acceptors (Lipinski definition) is 4. The van der Waals surface area contributed by atoms with Crippen molar-refractivity contribution in [2.24, 2.45) is 0 Å². The molecule has 1 aliphatic rings. The van der Waals surface area contributed by atoms with E-state index in [0.29, 0.717) is 6.42 Å². The first-order valence-electron chi connectivity index (χ1n) is 4.57. The maximum atomic E-state index is 11.4. The highest BCUT2D eigenvalue weighted by Crippen LogP contribution is 2.24. The van der Waals surface area contributed by atoms with E-state index in [1.165, 1.54) is 29.9 Å². The predicted molar refractivity (Wildman–Crippen MR) is 56.7 cm³/mol. The minimum atomic E-state index is -0.182. The Labute approximate surface area is 87.5 Å². The fraction of sp³-hybridized carbons (Fsp3) is 0.667. The van der Waals surface area contributed by atoms with E-state index in [1.54, 1.807) is 0 Å². The fourth-order valence-corrected chi connectivity index (χ4v) is 2.44. The summed E-state index contributed by atoms with van der Waals surface area (Å²) in [6.45, 7) is 0.